The fourth-order valence-corrected chi connectivity index (χ4v) is 3.74. The Kier molecular flexibility index (Phi) is 6.43. The SMILES string of the molecule is COc1ccc(CN(Cc2ccncc2)Cc2ccc3c(c2)OCO3)c(OC)c1OC. The molecule has 3 aromatic rings. The Morgan fingerprint density at radius 2 is 1.52 bits per heavy atom. The monoisotopic (exact) mass is 422 g/mol. The molecule has 2 aromatic carbocycles. The maximum Gasteiger partial charge on any atom is 0.231 e. The molecule has 1 aromatic heterocycles. The number of nitrogens with zero attached hydrogens (tertiary/aromatic N) is 2. The van der Waals surface area contributed by atoms with E-state index >= 15 is 0 Å². The summed E-state index contributed by atoms with van der Waals surface area (Å²) in [5.74, 6) is 3.47. The van der Waals surface area contributed by atoms with E-state index in [1.54, 1.807) is 21.3 Å². The Morgan fingerprint density at radius 1 is 0.774 bits per heavy atom. The molecule has 7 heteroatoms. The van der Waals surface area contributed by atoms with Crippen LogP contribution < -0.4 is 23.7 Å². The third-order valence-corrected chi connectivity index (χ3v) is 5.18. The second-order valence-corrected chi connectivity index (χ2v) is 7.18. The van der Waals surface area contributed by atoms with Gasteiger partial charge in [-0.1, -0.05) is 12.1 Å². The Bertz CT molecular complexity index is 1030. The van der Waals surface area contributed by atoms with Gasteiger partial charge in [-0.2, -0.15) is 0 Å². The maximum absolute atomic E-state index is 5.69. The molecule has 0 N–H and O–H groups in total. The summed E-state index contributed by atoms with van der Waals surface area (Å²) in [6.45, 7) is 2.38. The minimum atomic E-state index is 0.266. The van der Waals surface area contributed by atoms with Crippen LogP contribution in [0.25, 0.3) is 0 Å². The van der Waals surface area contributed by atoms with Gasteiger partial charge in [-0.15, -0.1) is 0 Å². The smallest absolute Gasteiger partial charge is 0.231 e. The van der Waals surface area contributed by atoms with Crippen LogP contribution in [-0.2, 0) is 19.6 Å². The maximum atomic E-state index is 5.69. The third kappa shape index (κ3) is 4.67. The number of pyridine rings is 1. The highest BCUT2D eigenvalue weighted by Gasteiger charge is 2.20. The van der Waals surface area contributed by atoms with Crippen molar-refractivity contribution in [3.05, 3.63) is 71.5 Å². The van der Waals surface area contributed by atoms with Crippen LogP contribution in [0.4, 0.5) is 0 Å². The largest absolute Gasteiger partial charge is 0.493 e. The van der Waals surface area contributed by atoms with Crippen LogP contribution >= 0.6 is 0 Å². The zero-order valence-corrected chi connectivity index (χ0v) is 18.0. The van der Waals surface area contributed by atoms with E-state index in [4.69, 9.17) is 23.7 Å². The molecule has 0 aliphatic carbocycles. The predicted octanol–water partition coefficient (Wildman–Crippen LogP) is 4.04. The zero-order valence-electron chi connectivity index (χ0n) is 18.0. The van der Waals surface area contributed by atoms with E-state index in [0.29, 0.717) is 23.8 Å². The fraction of sp³-hybridized carbons (Fsp3) is 0.292. The molecule has 7 nitrogen and oxygen atoms in total. The summed E-state index contributed by atoms with van der Waals surface area (Å²) < 4.78 is 27.7. The highest BCUT2D eigenvalue weighted by atomic mass is 16.7. The average molecular weight is 422 g/mol. The van der Waals surface area contributed by atoms with Crippen molar-refractivity contribution in [3.63, 3.8) is 0 Å². The molecule has 1 aliphatic heterocycles. The van der Waals surface area contributed by atoms with Crippen molar-refractivity contribution in [3.8, 4) is 28.7 Å². The average Bonchev–Trinajstić information content (AvgIpc) is 3.27. The van der Waals surface area contributed by atoms with Crippen LogP contribution in [0.15, 0.2) is 54.9 Å². The first-order valence-corrected chi connectivity index (χ1v) is 9.99. The molecule has 0 radical (unpaired) electrons. The van der Waals surface area contributed by atoms with Gasteiger partial charge in [0.05, 0.1) is 21.3 Å². The lowest BCUT2D eigenvalue weighted by Crippen LogP contribution is -2.23. The Labute approximate surface area is 182 Å². The fourth-order valence-electron chi connectivity index (χ4n) is 3.74. The van der Waals surface area contributed by atoms with E-state index < -0.39 is 0 Å². The van der Waals surface area contributed by atoms with Crippen molar-refractivity contribution in [2.45, 2.75) is 19.6 Å². The number of methoxy groups -OCH3 is 3. The third-order valence-electron chi connectivity index (χ3n) is 5.18. The van der Waals surface area contributed by atoms with Gasteiger partial charge in [0.1, 0.15) is 0 Å². The molecule has 0 bridgehead atoms. The quantitative estimate of drug-likeness (QED) is 0.516. The van der Waals surface area contributed by atoms with Crippen LogP contribution in [-0.4, -0.2) is 38.0 Å². The first kappa shape index (κ1) is 20.8. The molecule has 2 heterocycles. The van der Waals surface area contributed by atoms with Gasteiger partial charge in [0.15, 0.2) is 23.0 Å². The van der Waals surface area contributed by atoms with Crippen LogP contribution in [0.2, 0.25) is 0 Å². The van der Waals surface area contributed by atoms with Gasteiger partial charge < -0.3 is 23.7 Å². The number of fused-ring (bicyclic) bond motifs is 1. The Morgan fingerprint density at radius 3 is 2.26 bits per heavy atom. The van der Waals surface area contributed by atoms with Gasteiger partial charge in [0.25, 0.3) is 0 Å². The first-order chi connectivity index (χ1) is 15.2. The summed E-state index contributed by atoms with van der Waals surface area (Å²) in [6.07, 6.45) is 3.62. The topological polar surface area (TPSA) is 62.3 Å². The van der Waals surface area contributed by atoms with Gasteiger partial charge in [0.2, 0.25) is 12.5 Å². The molecule has 0 atom stereocenters. The Balaban J connectivity index is 1.63. The Hall–Kier alpha value is -3.45. The minimum absolute atomic E-state index is 0.266. The second kappa shape index (κ2) is 9.57. The van der Waals surface area contributed by atoms with Crippen LogP contribution in [0.1, 0.15) is 16.7 Å². The zero-order chi connectivity index (χ0) is 21.6. The molecule has 1 aliphatic rings. The number of rotatable bonds is 9. The van der Waals surface area contributed by atoms with Crippen molar-refractivity contribution in [1.29, 1.82) is 0 Å². The van der Waals surface area contributed by atoms with Crippen LogP contribution in [0, 0.1) is 0 Å². The molecule has 4 rings (SSSR count). The number of ether oxygens (including phenoxy) is 5. The molecular formula is C24H26N2O5. The van der Waals surface area contributed by atoms with E-state index in [-0.39, 0.29) is 6.79 Å². The highest BCUT2D eigenvalue weighted by Crippen LogP contribution is 2.40. The summed E-state index contributed by atoms with van der Waals surface area (Å²) in [5.41, 5.74) is 3.32. The lowest BCUT2D eigenvalue weighted by molar-refractivity contribution is 0.174. The summed E-state index contributed by atoms with van der Waals surface area (Å²) in [5, 5.41) is 0. The molecule has 31 heavy (non-hydrogen) atoms. The molecule has 0 fully saturated rings. The summed E-state index contributed by atoms with van der Waals surface area (Å²) in [4.78, 5) is 6.46. The predicted molar refractivity (Wildman–Crippen MR) is 116 cm³/mol. The highest BCUT2D eigenvalue weighted by molar-refractivity contribution is 5.55. The van der Waals surface area contributed by atoms with Crippen molar-refractivity contribution < 1.29 is 23.7 Å². The van der Waals surface area contributed by atoms with Crippen LogP contribution in [0.3, 0.4) is 0 Å². The van der Waals surface area contributed by atoms with Gasteiger partial charge >= 0.3 is 0 Å². The molecule has 0 saturated heterocycles. The van der Waals surface area contributed by atoms with Gasteiger partial charge in [0, 0.05) is 37.6 Å². The molecule has 0 amide bonds. The van der Waals surface area contributed by atoms with Crippen molar-refractivity contribution >= 4 is 0 Å². The lowest BCUT2D eigenvalue weighted by Gasteiger charge is -2.25. The number of aromatic nitrogens is 1. The first-order valence-electron chi connectivity index (χ1n) is 9.99. The number of hydrogen-bond acceptors (Lipinski definition) is 7. The normalized spacial score (nSPS) is 12.1. The van der Waals surface area contributed by atoms with Crippen molar-refractivity contribution in [2.24, 2.45) is 0 Å². The number of hydrogen-bond donors (Lipinski definition) is 0. The molecule has 0 saturated carbocycles. The molecular weight excluding hydrogens is 396 g/mol. The van der Waals surface area contributed by atoms with Gasteiger partial charge in [-0.3, -0.25) is 9.88 Å². The molecule has 162 valence electrons. The van der Waals surface area contributed by atoms with E-state index in [0.717, 1.165) is 35.7 Å². The summed E-state index contributed by atoms with van der Waals surface area (Å²) >= 11 is 0. The second-order valence-electron chi connectivity index (χ2n) is 7.18. The summed E-state index contributed by atoms with van der Waals surface area (Å²) in [7, 11) is 4.88. The van der Waals surface area contributed by atoms with E-state index in [1.807, 2.05) is 48.8 Å². The van der Waals surface area contributed by atoms with E-state index in [2.05, 4.69) is 16.0 Å². The van der Waals surface area contributed by atoms with Crippen molar-refractivity contribution in [1.82, 2.24) is 9.88 Å². The van der Waals surface area contributed by atoms with Gasteiger partial charge in [-0.25, -0.2) is 0 Å². The minimum Gasteiger partial charge on any atom is -0.493 e. The standard InChI is InChI=1S/C24H26N2O5/c1-27-21-7-5-19(23(28-2)24(21)29-3)15-26(13-17-8-10-25-11-9-17)14-18-4-6-20-22(12-18)31-16-30-20/h4-12H,13-16H2,1-3H3. The molecule has 0 unspecified atom stereocenters. The number of benzene rings is 2. The van der Waals surface area contributed by atoms with Gasteiger partial charge in [-0.05, 0) is 41.5 Å². The molecule has 0 spiro atoms. The summed E-state index contributed by atoms with van der Waals surface area (Å²) in [6, 6.07) is 14.0. The van der Waals surface area contributed by atoms with Crippen molar-refractivity contribution in [2.75, 3.05) is 28.1 Å². The van der Waals surface area contributed by atoms with Crippen LogP contribution in [0.5, 0.6) is 28.7 Å². The lowest BCUT2D eigenvalue weighted by atomic mass is 10.1. The van der Waals surface area contributed by atoms with E-state index in [1.165, 1.54) is 5.56 Å². The van der Waals surface area contributed by atoms with E-state index in [9.17, 15) is 0 Å².